The summed E-state index contributed by atoms with van der Waals surface area (Å²) in [6, 6.07) is 13.9. The largest absolute Gasteiger partial charge is 0.463 e. The summed E-state index contributed by atoms with van der Waals surface area (Å²) < 4.78 is 7.46. The van der Waals surface area contributed by atoms with Gasteiger partial charge in [-0.05, 0) is 36.4 Å². The standard InChI is InChI=1S/C21H19BrN4O4/c22-15-3-1-4-16(12-15)25-13-14(11-20(25)28)21(29)23-8-9-26-19(27)7-6-17(24-26)18-5-2-10-30-18/h1-7,10,12,14H,8-9,11,13H2,(H,23,29). The second-order valence-corrected chi connectivity index (χ2v) is 7.85. The van der Waals surface area contributed by atoms with Crippen LogP contribution in [0.5, 0.6) is 0 Å². The van der Waals surface area contributed by atoms with Gasteiger partial charge in [-0.15, -0.1) is 0 Å². The summed E-state index contributed by atoms with van der Waals surface area (Å²) >= 11 is 3.40. The summed E-state index contributed by atoms with van der Waals surface area (Å²) in [5.74, 6) is -0.172. The highest BCUT2D eigenvalue weighted by Crippen LogP contribution is 2.27. The fourth-order valence-electron chi connectivity index (χ4n) is 3.37. The van der Waals surface area contributed by atoms with E-state index in [1.807, 2.05) is 24.3 Å². The van der Waals surface area contributed by atoms with Crippen LogP contribution in [0.3, 0.4) is 0 Å². The molecule has 0 bridgehead atoms. The van der Waals surface area contributed by atoms with Crippen LogP contribution in [0.2, 0.25) is 0 Å². The van der Waals surface area contributed by atoms with Crippen LogP contribution >= 0.6 is 15.9 Å². The third kappa shape index (κ3) is 4.35. The molecule has 0 aliphatic carbocycles. The molecule has 8 nitrogen and oxygen atoms in total. The molecule has 154 valence electrons. The normalized spacial score (nSPS) is 16.1. The van der Waals surface area contributed by atoms with Crippen molar-refractivity contribution in [1.29, 1.82) is 0 Å². The van der Waals surface area contributed by atoms with Gasteiger partial charge >= 0.3 is 0 Å². The Balaban J connectivity index is 1.35. The highest BCUT2D eigenvalue weighted by molar-refractivity contribution is 9.10. The molecule has 1 aromatic carbocycles. The van der Waals surface area contributed by atoms with Crippen LogP contribution in [-0.2, 0) is 16.1 Å². The number of aromatic nitrogens is 2. The van der Waals surface area contributed by atoms with Crippen molar-refractivity contribution in [2.24, 2.45) is 5.92 Å². The molecule has 2 amide bonds. The molecule has 1 N–H and O–H groups in total. The highest BCUT2D eigenvalue weighted by atomic mass is 79.9. The van der Waals surface area contributed by atoms with Crippen molar-refractivity contribution < 1.29 is 14.0 Å². The monoisotopic (exact) mass is 470 g/mol. The SMILES string of the molecule is O=C(NCCn1nc(-c2ccco2)ccc1=O)C1CC(=O)N(c2cccc(Br)c2)C1. The third-order valence-electron chi connectivity index (χ3n) is 4.88. The number of nitrogens with one attached hydrogen (secondary N) is 1. The molecule has 3 heterocycles. The molecule has 1 fully saturated rings. The molecule has 9 heteroatoms. The predicted octanol–water partition coefficient (Wildman–Crippen LogP) is 2.44. The fourth-order valence-corrected chi connectivity index (χ4v) is 3.76. The van der Waals surface area contributed by atoms with Gasteiger partial charge in [0.25, 0.3) is 5.56 Å². The lowest BCUT2D eigenvalue weighted by molar-refractivity contribution is -0.126. The Morgan fingerprint density at radius 3 is 2.83 bits per heavy atom. The molecule has 0 spiro atoms. The average molecular weight is 471 g/mol. The van der Waals surface area contributed by atoms with Gasteiger partial charge in [0.05, 0.1) is 18.7 Å². The summed E-state index contributed by atoms with van der Waals surface area (Å²) in [5.41, 5.74) is 1.03. The maximum Gasteiger partial charge on any atom is 0.266 e. The topological polar surface area (TPSA) is 97.4 Å². The van der Waals surface area contributed by atoms with Crippen LogP contribution in [0.4, 0.5) is 5.69 Å². The van der Waals surface area contributed by atoms with Gasteiger partial charge in [0.2, 0.25) is 11.8 Å². The van der Waals surface area contributed by atoms with Crippen LogP contribution in [0.1, 0.15) is 6.42 Å². The summed E-state index contributed by atoms with van der Waals surface area (Å²) in [6.45, 7) is 0.775. The van der Waals surface area contributed by atoms with Crippen molar-refractivity contribution in [2.75, 3.05) is 18.0 Å². The number of anilines is 1. The summed E-state index contributed by atoms with van der Waals surface area (Å²) in [4.78, 5) is 38.6. The van der Waals surface area contributed by atoms with Crippen LogP contribution in [0.15, 0.2) is 68.5 Å². The molecule has 3 aromatic rings. The first-order chi connectivity index (χ1) is 14.5. The van der Waals surface area contributed by atoms with Crippen molar-refractivity contribution in [3.8, 4) is 11.5 Å². The van der Waals surface area contributed by atoms with Crippen LogP contribution in [0, 0.1) is 5.92 Å². The van der Waals surface area contributed by atoms with Gasteiger partial charge in [-0.25, -0.2) is 4.68 Å². The van der Waals surface area contributed by atoms with E-state index in [1.54, 1.807) is 23.1 Å². The van der Waals surface area contributed by atoms with Crippen LogP contribution < -0.4 is 15.8 Å². The molecule has 1 aliphatic heterocycles. The van der Waals surface area contributed by atoms with Gasteiger partial charge in [-0.2, -0.15) is 5.10 Å². The molecule has 1 atom stereocenters. The first-order valence-electron chi connectivity index (χ1n) is 9.47. The number of rotatable bonds is 6. The van der Waals surface area contributed by atoms with E-state index in [9.17, 15) is 14.4 Å². The van der Waals surface area contributed by atoms with Gasteiger partial charge in [0.15, 0.2) is 5.76 Å². The number of nitrogens with zero attached hydrogens (tertiary/aromatic N) is 3. The predicted molar refractivity (Wildman–Crippen MR) is 114 cm³/mol. The molecular formula is C21H19BrN4O4. The molecule has 0 saturated carbocycles. The number of hydrogen-bond donors (Lipinski definition) is 1. The fraction of sp³-hybridized carbons (Fsp3) is 0.238. The molecule has 1 saturated heterocycles. The number of furan rings is 1. The van der Waals surface area contributed by atoms with Crippen LogP contribution in [-0.4, -0.2) is 34.7 Å². The smallest absolute Gasteiger partial charge is 0.266 e. The van der Waals surface area contributed by atoms with Gasteiger partial charge in [-0.3, -0.25) is 14.4 Å². The Hall–Kier alpha value is -3.20. The highest BCUT2D eigenvalue weighted by Gasteiger charge is 2.35. The van der Waals surface area contributed by atoms with E-state index in [4.69, 9.17) is 4.42 Å². The van der Waals surface area contributed by atoms with E-state index < -0.39 is 5.92 Å². The number of halogens is 1. The van der Waals surface area contributed by atoms with E-state index >= 15 is 0 Å². The average Bonchev–Trinajstić information content (AvgIpc) is 3.39. The maximum absolute atomic E-state index is 12.5. The zero-order valence-electron chi connectivity index (χ0n) is 16.0. The summed E-state index contributed by atoms with van der Waals surface area (Å²) in [6.07, 6.45) is 1.69. The lowest BCUT2D eigenvalue weighted by Crippen LogP contribution is -2.36. The zero-order valence-corrected chi connectivity index (χ0v) is 17.5. The zero-order chi connectivity index (χ0) is 21.1. The maximum atomic E-state index is 12.5. The number of carbonyl (C=O) groups excluding carboxylic acids is 2. The van der Waals surface area contributed by atoms with Gasteiger partial charge in [0.1, 0.15) is 5.69 Å². The Kier molecular flexibility index (Phi) is 5.80. The molecule has 4 rings (SSSR count). The Labute approximate surface area is 180 Å². The van der Waals surface area contributed by atoms with Gasteiger partial charge < -0.3 is 14.6 Å². The summed E-state index contributed by atoms with van der Waals surface area (Å²) in [5, 5.41) is 7.08. The van der Waals surface area contributed by atoms with E-state index in [2.05, 4.69) is 26.3 Å². The van der Waals surface area contributed by atoms with Crippen molar-refractivity contribution in [3.05, 3.63) is 69.6 Å². The molecule has 0 radical (unpaired) electrons. The Morgan fingerprint density at radius 2 is 2.07 bits per heavy atom. The number of benzene rings is 1. The first kappa shape index (κ1) is 20.1. The molecule has 1 aliphatic rings. The van der Waals surface area contributed by atoms with E-state index in [0.717, 1.165) is 10.2 Å². The van der Waals surface area contributed by atoms with E-state index in [1.165, 1.54) is 17.0 Å². The molecule has 2 aromatic heterocycles. The Morgan fingerprint density at radius 1 is 1.20 bits per heavy atom. The van der Waals surface area contributed by atoms with Crippen molar-refractivity contribution in [2.45, 2.75) is 13.0 Å². The summed E-state index contributed by atoms with van der Waals surface area (Å²) in [7, 11) is 0. The van der Waals surface area contributed by atoms with Crippen molar-refractivity contribution >= 4 is 33.4 Å². The van der Waals surface area contributed by atoms with E-state index in [0.29, 0.717) is 18.0 Å². The second kappa shape index (κ2) is 8.66. The molecule has 1 unspecified atom stereocenters. The lowest BCUT2D eigenvalue weighted by atomic mass is 10.1. The quantitative estimate of drug-likeness (QED) is 0.596. The lowest BCUT2D eigenvalue weighted by Gasteiger charge is -2.17. The second-order valence-electron chi connectivity index (χ2n) is 6.93. The minimum Gasteiger partial charge on any atom is -0.463 e. The van der Waals surface area contributed by atoms with Gasteiger partial charge in [0, 0.05) is 35.7 Å². The van der Waals surface area contributed by atoms with E-state index in [-0.39, 0.29) is 36.9 Å². The number of carbonyl (C=O) groups is 2. The molecular weight excluding hydrogens is 452 g/mol. The van der Waals surface area contributed by atoms with Crippen LogP contribution in [0.25, 0.3) is 11.5 Å². The molecule has 30 heavy (non-hydrogen) atoms. The first-order valence-corrected chi connectivity index (χ1v) is 10.3. The number of amides is 2. The third-order valence-corrected chi connectivity index (χ3v) is 5.37. The minimum atomic E-state index is -0.435. The van der Waals surface area contributed by atoms with Crippen molar-refractivity contribution in [1.82, 2.24) is 15.1 Å². The van der Waals surface area contributed by atoms with Crippen molar-refractivity contribution in [3.63, 3.8) is 0 Å². The van der Waals surface area contributed by atoms with Gasteiger partial charge in [-0.1, -0.05) is 22.0 Å². The number of hydrogen-bond acceptors (Lipinski definition) is 5. The Bertz CT molecular complexity index is 1130. The minimum absolute atomic E-state index is 0.0858.